The number of aliphatic carboxylic acids is 2. The number of unbranched alkanes of at least 4 members (excludes halogenated alkanes) is 11. The Labute approximate surface area is 173 Å². The molecule has 166 valence electrons. The molecule has 0 amide bonds. The summed E-state index contributed by atoms with van der Waals surface area (Å²) in [7, 11) is 0. The highest BCUT2D eigenvalue weighted by atomic mass is 16.4. The van der Waals surface area contributed by atoms with Crippen molar-refractivity contribution in [3.05, 3.63) is 0 Å². The molecule has 2 unspecified atom stereocenters. The van der Waals surface area contributed by atoms with E-state index in [2.05, 4.69) is 13.8 Å². The summed E-state index contributed by atoms with van der Waals surface area (Å²) in [5.41, 5.74) is -2.38. The molecule has 0 rings (SSSR count). The zero-order valence-corrected chi connectivity index (χ0v) is 19.0. The molecule has 0 aliphatic heterocycles. The molecule has 4 heteroatoms. The van der Waals surface area contributed by atoms with Crippen LogP contribution in [0, 0.1) is 10.8 Å². The molecule has 2 N–H and O–H groups in total. The molecule has 0 saturated carbocycles. The van der Waals surface area contributed by atoms with E-state index in [1.54, 1.807) is 6.92 Å². The Morgan fingerprint density at radius 2 is 1.00 bits per heavy atom. The van der Waals surface area contributed by atoms with E-state index in [-0.39, 0.29) is 0 Å². The van der Waals surface area contributed by atoms with Gasteiger partial charge in [-0.05, 0) is 26.2 Å². The van der Waals surface area contributed by atoms with Gasteiger partial charge in [-0.1, -0.05) is 104 Å². The van der Waals surface area contributed by atoms with Gasteiger partial charge >= 0.3 is 11.9 Å². The van der Waals surface area contributed by atoms with Gasteiger partial charge in [-0.25, -0.2) is 0 Å². The van der Waals surface area contributed by atoms with Crippen molar-refractivity contribution in [3.8, 4) is 0 Å². The fourth-order valence-electron chi connectivity index (χ4n) is 4.53. The van der Waals surface area contributed by atoms with Crippen LogP contribution in [-0.4, -0.2) is 22.2 Å². The van der Waals surface area contributed by atoms with Crippen molar-refractivity contribution in [1.82, 2.24) is 0 Å². The topological polar surface area (TPSA) is 74.6 Å². The molecular formula is C24H46O4. The van der Waals surface area contributed by atoms with E-state index in [4.69, 9.17) is 0 Å². The van der Waals surface area contributed by atoms with E-state index in [0.717, 1.165) is 38.5 Å². The predicted octanol–water partition coefficient (Wildman–Crippen LogP) is 7.45. The third-order valence-electron chi connectivity index (χ3n) is 6.78. The second kappa shape index (κ2) is 14.9. The van der Waals surface area contributed by atoms with Gasteiger partial charge in [0.1, 0.15) is 0 Å². The maximum atomic E-state index is 12.3. The van der Waals surface area contributed by atoms with Gasteiger partial charge in [0.15, 0.2) is 0 Å². The standard InChI is InChI=1S/C24H46O4/c1-5-8-10-12-14-15-17-19-23(4,21(25)26)24(7-3,22(27)28)20-18-16-13-11-9-6-2/h5-20H2,1-4H3,(H,25,26)(H,27,28). The van der Waals surface area contributed by atoms with Crippen molar-refractivity contribution in [2.24, 2.45) is 10.8 Å². The van der Waals surface area contributed by atoms with Crippen molar-refractivity contribution in [2.45, 2.75) is 130 Å². The number of carbonyl (C=O) groups is 2. The summed E-state index contributed by atoms with van der Waals surface area (Å²) in [4.78, 5) is 24.6. The zero-order valence-electron chi connectivity index (χ0n) is 19.0. The van der Waals surface area contributed by atoms with E-state index in [1.807, 2.05) is 6.92 Å². The first-order valence-corrected chi connectivity index (χ1v) is 11.8. The molecule has 0 heterocycles. The Bertz CT molecular complexity index is 434. The molecule has 28 heavy (non-hydrogen) atoms. The van der Waals surface area contributed by atoms with Crippen LogP contribution in [0.2, 0.25) is 0 Å². The lowest BCUT2D eigenvalue weighted by molar-refractivity contribution is -0.175. The van der Waals surface area contributed by atoms with Crippen LogP contribution in [0.25, 0.3) is 0 Å². The quantitative estimate of drug-likeness (QED) is 0.222. The summed E-state index contributed by atoms with van der Waals surface area (Å²) in [5.74, 6) is -1.88. The number of carboxylic acid groups (broad SMARTS) is 2. The van der Waals surface area contributed by atoms with Gasteiger partial charge in [-0.3, -0.25) is 9.59 Å². The minimum absolute atomic E-state index is 0.372. The monoisotopic (exact) mass is 398 g/mol. The van der Waals surface area contributed by atoms with Crippen molar-refractivity contribution < 1.29 is 19.8 Å². The Hall–Kier alpha value is -1.06. The highest BCUT2D eigenvalue weighted by molar-refractivity contribution is 5.86. The summed E-state index contributed by atoms with van der Waals surface area (Å²) in [6.07, 6.45) is 15.5. The van der Waals surface area contributed by atoms with Crippen LogP contribution >= 0.6 is 0 Å². The molecule has 0 spiro atoms. The molecule has 2 atom stereocenters. The molecular weight excluding hydrogens is 352 g/mol. The molecule has 0 aliphatic rings. The first-order valence-electron chi connectivity index (χ1n) is 11.8. The van der Waals surface area contributed by atoms with Gasteiger partial charge in [0, 0.05) is 0 Å². The van der Waals surface area contributed by atoms with Gasteiger partial charge in [-0.2, -0.15) is 0 Å². The maximum Gasteiger partial charge on any atom is 0.310 e. The van der Waals surface area contributed by atoms with Crippen LogP contribution in [0.15, 0.2) is 0 Å². The van der Waals surface area contributed by atoms with Crippen molar-refractivity contribution in [2.75, 3.05) is 0 Å². The molecule has 0 fully saturated rings. The van der Waals surface area contributed by atoms with Crippen LogP contribution in [-0.2, 0) is 9.59 Å². The van der Waals surface area contributed by atoms with Gasteiger partial charge in [0.25, 0.3) is 0 Å². The normalized spacial score (nSPS) is 15.7. The van der Waals surface area contributed by atoms with Gasteiger partial charge < -0.3 is 10.2 Å². The van der Waals surface area contributed by atoms with Crippen LogP contribution in [0.5, 0.6) is 0 Å². The summed E-state index contributed by atoms with van der Waals surface area (Å²) in [5, 5.41) is 20.1. The fourth-order valence-corrected chi connectivity index (χ4v) is 4.53. The largest absolute Gasteiger partial charge is 0.481 e. The van der Waals surface area contributed by atoms with E-state index in [0.29, 0.717) is 19.3 Å². The Balaban J connectivity index is 4.94. The molecule has 0 aliphatic carbocycles. The first-order chi connectivity index (χ1) is 13.3. The minimum atomic E-state index is -1.21. The third kappa shape index (κ3) is 8.13. The maximum absolute atomic E-state index is 12.3. The van der Waals surface area contributed by atoms with Crippen molar-refractivity contribution >= 4 is 11.9 Å². The SMILES string of the molecule is CCCCCCCCCC(C)(C(=O)O)C(CC)(CCCCCCCC)C(=O)O. The van der Waals surface area contributed by atoms with Crippen LogP contribution in [0.3, 0.4) is 0 Å². The average molecular weight is 399 g/mol. The molecule has 4 nitrogen and oxygen atoms in total. The molecule has 0 aromatic rings. The predicted molar refractivity (Wildman–Crippen MR) is 117 cm³/mol. The second-order valence-electron chi connectivity index (χ2n) is 8.77. The van der Waals surface area contributed by atoms with Crippen LogP contribution in [0.1, 0.15) is 130 Å². The van der Waals surface area contributed by atoms with Crippen molar-refractivity contribution in [1.29, 1.82) is 0 Å². The van der Waals surface area contributed by atoms with Gasteiger partial charge in [0.2, 0.25) is 0 Å². The first kappa shape index (κ1) is 26.9. The fraction of sp³-hybridized carbons (Fsp3) is 0.917. The van der Waals surface area contributed by atoms with E-state index >= 15 is 0 Å². The Morgan fingerprint density at radius 1 is 0.607 bits per heavy atom. The van der Waals surface area contributed by atoms with Crippen LogP contribution in [0.4, 0.5) is 0 Å². The van der Waals surface area contributed by atoms with Gasteiger partial charge in [-0.15, -0.1) is 0 Å². The summed E-state index contributed by atoms with van der Waals surface area (Å²) in [6, 6.07) is 0. The van der Waals surface area contributed by atoms with E-state index in [9.17, 15) is 19.8 Å². The average Bonchev–Trinajstić information content (AvgIpc) is 2.66. The summed E-state index contributed by atoms with van der Waals surface area (Å²) in [6.45, 7) is 7.89. The second-order valence-corrected chi connectivity index (χ2v) is 8.77. The Kier molecular flexibility index (Phi) is 14.3. The molecule has 0 saturated heterocycles. The minimum Gasteiger partial charge on any atom is -0.481 e. The third-order valence-corrected chi connectivity index (χ3v) is 6.78. The molecule has 0 bridgehead atoms. The van der Waals surface area contributed by atoms with Crippen LogP contribution < -0.4 is 0 Å². The number of hydrogen-bond acceptors (Lipinski definition) is 2. The number of rotatable bonds is 19. The smallest absolute Gasteiger partial charge is 0.310 e. The molecule has 0 aromatic carbocycles. The lowest BCUT2D eigenvalue weighted by atomic mass is 9.58. The Morgan fingerprint density at radius 3 is 1.36 bits per heavy atom. The van der Waals surface area contributed by atoms with Gasteiger partial charge in [0.05, 0.1) is 10.8 Å². The molecule has 0 aromatic heterocycles. The number of hydrogen-bond donors (Lipinski definition) is 2. The summed E-state index contributed by atoms with van der Waals surface area (Å²) < 4.78 is 0. The zero-order chi connectivity index (χ0) is 21.5. The molecule has 0 radical (unpaired) electrons. The van der Waals surface area contributed by atoms with Crippen molar-refractivity contribution in [3.63, 3.8) is 0 Å². The van der Waals surface area contributed by atoms with E-state index < -0.39 is 22.8 Å². The lowest BCUT2D eigenvalue weighted by Gasteiger charge is -2.43. The summed E-state index contributed by atoms with van der Waals surface area (Å²) >= 11 is 0. The lowest BCUT2D eigenvalue weighted by Crippen LogP contribution is -2.50. The highest BCUT2D eigenvalue weighted by Crippen LogP contribution is 2.50. The van der Waals surface area contributed by atoms with E-state index in [1.165, 1.54) is 44.9 Å². The highest BCUT2D eigenvalue weighted by Gasteiger charge is 2.56. The number of carboxylic acids is 2.